The number of benzene rings is 1. The first kappa shape index (κ1) is 15.5. The number of carbonyl (C=O) groups excluding carboxylic acids is 2. The van der Waals surface area contributed by atoms with Crippen molar-refractivity contribution in [2.45, 2.75) is 33.2 Å². The van der Waals surface area contributed by atoms with E-state index in [4.69, 9.17) is 0 Å². The van der Waals surface area contributed by atoms with E-state index < -0.39 is 0 Å². The molecule has 1 aromatic rings. The quantitative estimate of drug-likeness (QED) is 0.837. The lowest BCUT2D eigenvalue weighted by Gasteiger charge is -2.23. The van der Waals surface area contributed by atoms with E-state index in [0.29, 0.717) is 12.0 Å². The topological polar surface area (TPSA) is 61.4 Å². The Morgan fingerprint density at radius 3 is 2.76 bits per heavy atom. The first-order valence-electron chi connectivity index (χ1n) is 7.49. The number of likely N-dealkylation sites (N-methyl/N-ethyl adjacent to an activating group) is 1. The van der Waals surface area contributed by atoms with Gasteiger partial charge >= 0.3 is 0 Å². The maximum absolute atomic E-state index is 12.3. The molecule has 5 heteroatoms. The number of nitrogens with one attached hydrogen (secondary N) is 2. The molecule has 2 rings (SSSR count). The van der Waals surface area contributed by atoms with Crippen molar-refractivity contribution in [1.29, 1.82) is 0 Å². The van der Waals surface area contributed by atoms with Crippen LogP contribution in [0.15, 0.2) is 18.2 Å². The molecular formula is C16H23N3O2. The van der Waals surface area contributed by atoms with E-state index in [2.05, 4.69) is 29.4 Å². The van der Waals surface area contributed by atoms with Gasteiger partial charge in [0.1, 0.15) is 0 Å². The van der Waals surface area contributed by atoms with Crippen molar-refractivity contribution in [1.82, 2.24) is 10.2 Å². The highest BCUT2D eigenvalue weighted by Gasteiger charge is 2.19. The van der Waals surface area contributed by atoms with E-state index >= 15 is 0 Å². The summed E-state index contributed by atoms with van der Waals surface area (Å²) >= 11 is 0. The maximum Gasteiger partial charge on any atom is 0.251 e. The SMILES string of the molecule is CCN(CC)CC(C)NC(=O)c1ccc2c(c1)NC(=O)C2. The van der Waals surface area contributed by atoms with E-state index in [1.54, 1.807) is 12.1 Å². The lowest BCUT2D eigenvalue weighted by molar-refractivity contribution is -0.115. The zero-order chi connectivity index (χ0) is 15.4. The maximum atomic E-state index is 12.3. The third kappa shape index (κ3) is 3.82. The number of carbonyl (C=O) groups is 2. The van der Waals surface area contributed by atoms with Crippen molar-refractivity contribution in [3.8, 4) is 0 Å². The zero-order valence-corrected chi connectivity index (χ0v) is 12.9. The van der Waals surface area contributed by atoms with E-state index in [9.17, 15) is 9.59 Å². The average Bonchev–Trinajstić information content (AvgIpc) is 2.83. The molecule has 0 saturated carbocycles. The number of anilines is 1. The summed E-state index contributed by atoms with van der Waals surface area (Å²) in [4.78, 5) is 25.9. The lowest BCUT2D eigenvalue weighted by Crippen LogP contribution is -2.41. The Morgan fingerprint density at radius 2 is 2.10 bits per heavy atom. The number of nitrogens with zero attached hydrogens (tertiary/aromatic N) is 1. The van der Waals surface area contributed by atoms with Crippen LogP contribution in [0.2, 0.25) is 0 Å². The summed E-state index contributed by atoms with van der Waals surface area (Å²) in [6.07, 6.45) is 0.398. The summed E-state index contributed by atoms with van der Waals surface area (Å²) < 4.78 is 0. The minimum Gasteiger partial charge on any atom is -0.348 e. The molecule has 1 aliphatic heterocycles. The van der Waals surface area contributed by atoms with Crippen molar-refractivity contribution >= 4 is 17.5 Å². The van der Waals surface area contributed by atoms with Crippen LogP contribution in [0, 0.1) is 0 Å². The minimum absolute atomic E-state index is 0.0162. The van der Waals surface area contributed by atoms with E-state index in [0.717, 1.165) is 30.9 Å². The Hall–Kier alpha value is -1.88. The van der Waals surface area contributed by atoms with Gasteiger partial charge in [-0.25, -0.2) is 0 Å². The van der Waals surface area contributed by atoms with Crippen LogP contribution in [0.25, 0.3) is 0 Å². The molecule has 21 heavy (non-hydrogen) atoms. The Labute approximate surface area is 125 Å². The standard InChI is InChI=1S/C16H23N3O2/c1-4-19(5-2)10-11(3)17-16(21)13-7-6-12-9-15(20)18-14(12)8-13/h6-8,11H,4-5,9-10H2,1-3H3,(H,17,21)(H,18,20). The molecule has 0 saturated heterocycles. The molecule has 0 aromatic heterocycles. The number of rotatable bonds is 6. The Morgan fingerprint density at radius 1 is 1.38 bits per heavy atom. The molecule has 1 aliphatic rings. The molecular weight excluding hydrogens is 266 g/mol. The van der Waals surface area contributed by atoms with Crippen LogP contribution in [0.4, 0.5) is 5.69 Å². The molecule has 0 bridgehead atoms. The molecule has 1 atom stereocenters. The summed E-state index contributed by atoms with van der Waals surface area (Å²) in [5.74, 6) is -0.115. The average molecular weight is 289 g/mol. The summed E-state index contributed by atoms with van der Waals surface area (Å²) in [5, 5.41) is 5.77. The smallest absolute Gasteiger partial charge is 0.251 e. The molecule has 1 unspecified atom stereocenters. The number of hydrogen-bond acceptors (Lipinski definition) is 3. The molecule has 0 spiro atoms. The van der Waals surface area contributed by atoms with Gasteiger partial charge in [0.25, 0.3) is 5.91 Å². The number of amides is 2. The normalized spacial score (nSPS) is 14.8. The van der Waals surface area contributed by atoms with Gasteiger partial charge in [0.05, 0.1) is 6.42 Å². The first-order valence-corrected chi connectivity index (χ1v) is 7.49. The third-order valence-corrected chi connectivity index (χ3v) is 3.80. The van der Waals surface area contributed by atoms with Crippen molar-refractivity contribution in [2.24, 2.45) is 0 Å². The zero-order valence-electron chi connectivity index (χ0n) is 12.9. The van der Waals surface area contributed by atoms with Gasteiger partial charge < -0.3 is 15.5 Å². The molecule has 5 nitrogen and oxygen atoms in total. The van der Waals surface area contributed by atoms with Crippen LogP contribution in [0.1, 0.15) is 36.7 Å². The fraction of sp³-hybridized carbons (Fsp3) is 0.500. The van der Waals surface area contributed by atoms with Gasteiger partial charge in [-0.1, -0.05) is 19.9 Å². The second kappa shape index (κ2) is 6.72. The molecule has 0 radical (unpaired) electrons. The number of fused-ring (bicyclic) bond motifs is 1. The van der Waals surface area contributed by atoms with Gasteiger partial charge in [-0.05, 0) is 37.7 Å². The van der Waals surface area contributed by atoms with Crippen LogP contribution in [0.5, 0.6) is 0 Å². The predicted molar refractivity (Wildman–Crippen MR) is 83.5 cm³/mol. The third-order valence-electron chi connectivity index (χ3n) is 3.80. The van der Waals surface area contributed by atoms with Crippen LogP contribution >= 0.6 is 0 Å². The Balaban J connectivity index is 1.98. The summed E-state index contributed by atoms with van der Waals surface area (Å²) in [7, 11) is 0. The van der Waals surface area contributed by atoms with Gasteiger partial charge in [-0.2, -0.15) is 0 Å². The summed E-state index contributed by atoms with van der Waals surface area (Å²) in [6, 6.07) is 5.45. The fourth-order valence-corrected chi connectivity index (χ4v) is 2.58. The first-order chi connectivity index (χ1) is 10.0. The van der Waals surface area contributed by atoms with Gasteiger partial charge in [0, 0.05) is 23.8 Å². The molecule has 2 amide bonds. The Kier molecular flexibility index (Phi) is 4.96. The minimum atomic E-state index is -0.0985. The van der Waals surface area contributed by atoms with Gasteiger partial charge in [0.15, 0.2) is 0 Å². The van der Waals surface area contributed by atoms with Crippen molar-refractivity contribution < 1.29 is 9.59 Å². The highest BCUT2D eigenvalue weighted by molar-refractivity contribution is 6.02. The van der Waals surface area contributed by atoms with Crippen LogP contribution in [-0.4, -0.2) is 42.4 Å². The van der Waals surface area contributed by atoms with Crippen molar-refractivity contribution in [3.05, 3.63) is 29.3 Å². The van der Waals surface area contributed by atoms with Crippen molar-refractivity contribution in [2.75, 3.05) is 25.0 Å². The molecule has 1 heterocycles. The van der Waals surface area contributed by atoms with Crippen LogP contribution in [0.3, 0.4) is 0 Å². The van der Waals surface area contributed by atoms with Crippen molar-refractivity contribution in [3.63, 3.8) is 0 Å². The lowest BCUT2D eigenvalue weighted by atomic mass is 10.1. The van der Waals surface area contributed by atoms with Gasteiger partial charge in [-0.3, -0.25) is 9.59 Å². The van der Waals surface area contributed by atoms with E-state index in [-0.39, 0.29) is 17.9 Å². The van der Waals surface area contributed by atoms with Gasteiger partial charge in [0.2, 0.25) is 5.91 Å². The Bertz CT molecular complexity index is 538. The second-order valence-corrected chi connectivity index (χ2v) is 5.46. The van der Waals surface area contributed by atoms with E-state index in [1.165, 1.54) is 0 Å². The van der Waals surface area contributed by atoms with E-state index in [1.807, 2.05) is 13.0 Å². The molecule has 1 aromatic carbocycles. The summed E-state index contributed by atoms with van der Waals surface area (Å²) in [6.45, 7) is 9.01. The molecule has 2 N–H and O–H groups in total. The fourth-order valence-electron chi connectivity index (χ4n) is 2.58. The number of hydrogen-bond donors (Lipinski definition) is 2. The molecule has 114 valence electrons. The highest BCUT2D eigenvalue weighted by Crippen LogP contribution is 2.23. The summed E-state index contributed by atoms with van der Waals surface area (Å²) in [5.41, 5.74) is 2.29. The molecule has 0 aliphatic carbocycles. The van der Waals surface area contributed by atoms with Gasteiger partial charge in [-0.15, -0.1) is 0 Å². The molecule has 0 fully saturated rings. The largest absolute Gasteiger partial charge is 0.348 e. The highest BCUT2D eigenvalue weighted by atomic mass is 16.2. The monoisotopic (exact) mass is 289 g/mol. The van der Waals surface area contributed by atoms with Crippen LogP contribution in [-0.2, 0) is 11.2 Å². The predicted octanol–water partition coefficient (Wildman–Crippen LogP) is 1.64. The second-order valence-electron chi connectivity index (χ2n) is 5.46. The van der Waals surface area contributed by atoms with Crippen LogP contribution < -0.4 is 10.6 Å².